The van der Waals surface area contributed by atoms with Crippen LogP contribution in [0.5, 0.6) is 0 Å². The van der Waals surface area contributed by atoms with Crippen molar-refractivity contribution in [3.63, 3.8) is 0 Å². The highest BCUT2D eigenvalue weighted by Gasteiger charge is 2.25. The van der Waals surface area contributed by atoms with E-state index in [-0.39, 0.29) is 18.3 Å². The van der Waals surface area contributed by atoms with E-state index < -0.39 is 0 Å². The van der Waals surface area contributed by atoms with Gasteiger partial charge in [-0.05, 0) is 64.7 Å². The van der Waals surface area contributed by atoms with Gasteiger partial charge in [0.1, 0.15) is 0 Å². The van der Waals surface area contributed by atoms with Crippen LogP contribution >= 0.6 is 35.3 Å². The van der Waals surface area contributed by atoms with E-state index >= 15 is 0 Å². The molecule has 0 fully saturated rings. The van der Waals surface area contributed by atoms with Gasteiger partial charge in [0.2, 0.25) is 0 Å². The molecule has 2 aromatic heterocycles. The summed E-state index contributed by atoms with van der Waals surface area (Å²) in [7, 11) is 4.06. The Morgan fingerprint density at radius 3 is 2.48 bits per heavy atom. The van der Waals surface area contributed by atoms with Crippen molar-refractivity contribution in [3.05, 3.63) is 70.5 Å². The Kier molecular flexibility index (Phi) is 8.13. The van der Waals surface area contributed by atoms with Gasteiger partial charge in [-0.15, -0.1) is 12.4 Å². The van der Waals surface area contributed by atoms with Crippen molar-refractivity contribution in [1.29, 1.82) is 0 Å². The zero-order valence-electron chi connectivity index (χ0n) is 19.1. The Labute approximate surface area is 209 Å². The largest absolute Gasteiger partial charge is 0.309 e. The number of anilines is 1. The number of thiazole rings is 1. The lowest BCUT2D eigenvalue weighted by Gasteiger charge is -2.21. The van der Waals surface area contributed by atoms with Crippen LogP contribution in [0.3, 0.4) is 0 Å². The lowest BCUT2D eigenvalue weighted by atomic mass is 10.2. The minimum absolute atomic E-state index is 0. The third-order valence-electron chi connectivity index (χ3n) is 5.39. The molecular formula is C24H27Cl2N5OS. The van der Waals surface area contributed by atoms with Crippen molar-refractivity contribution >= 4 is 56.6 Å². The maximum absolute atomic E-state index is 13.7. The summed E-state index contributed by atoms with van der Waals surface area (Å²) in [6, 6.07) is 13.7. The number of aryl methyl sites for hydroxylation is 1. The zero-order chi connectivity index (χ0) is 22.8. The number of hydrogen-bond acceptors (Lipinski definition) is 5. The first-order valence-electron chi connectivity index (χ1n) is 10.5. The number of hydrogen-bond donors (Lipinski definition) is 0. The van der Waals surface area contributed by atoms with Crippen molar-refractivity contribution in [3.8, 4) is 5.69 Å². The van der Waals surface area contributed by atoms with Gasteiger partial charge in [0.05, 0.1) is 38.4 Å². The molecule has 0 saturated carbocycles. The minimum atomic E-state index is -0.101. The van der Waals surface area contributed by atoms with Crippen LogP contribution in [0, 0.1) is 13.8 Å². The number of carbonyl (C=O) groups is 1. The summed E-state index contributed by atoms with van der Waals surface area (Å²) in [5.74, 6) is -0.101. The van der Waals surface area contributed by atoms with E-state index in [1.807, 2.05) is 70.4 Å². The number of amides is 1. The Morgan fingerprint density at radius 2 is 1.82 bits per heavy atom. The van der Waals surface area contributed by atoms with Crippen molar-refractivity contribution in [2.45, 2.75) is 20.3 Å². The molecule has 2 aromatic carbocycles. The predicted molar refractivity (Wildman–Crippen MR) is 140 cm³/mol. The maximum atomic E-state index is 13.7. The van der Waals surface area contributed by atoms with Crippen LogP contribution < -0.4 is 4.90 Å². The molecule has 0 saturated heterocycles. The highest BCUT2D eigenvalue weighted by Crippen LogP contribution is 2.36. The van der Waals surface area contributed by atoms with Crippen LogP contribution in [0.1, 0.15) is 28.0 Å². The number of aromatic nitrogens is 3. The quantitative estimate of drug-likeness (QED) is 0.321. The molecule has 174 valence electrons. The molecule has 0 bridgehead atoms. The topological polar surface area (TPSA) is 54.3 Å². The first kappa shape index (κ1) is 25.2. The SMILES string of the molecule is Cc1ccc(Cl)c2sc(N(CCCN(C)C)C(=O)c3cnn(-c4ccccc4)c3C)nc12.Cl. The number of halogens is 2. The van der Waals surface area contributed by atoms with E-state index in [0.717, 1.165) is 40.1 Å². The summed E-state index contributed by atoms with van der Waals surface area (Å²) in [6.07, 6.45) is 2.47. The smallest absolute Gasteiger partial charge is 0.263 e. The summed E-state index contributed by atoms with van der Waals surface area (Å²) in [4.78, 5) is 22.4. The molecule has 0 atom stereocenters. The summed E-state index contributed by atoms with van der Waals surface area (Å²) >= 11 is 7.89. The van der Waals surface area contributed by atoms with Gasteiger partial charge in [-0.1, -0.05) is 47.2 Å². The molecule has 6 nitrogen and oxygen atoms in total. The van der Waals surface area contributed by atoms with E-state index in [1.54, 1.807) is 15.8 Å². The van der Waals surface area contributed by atoms with Crippen LogP contribution in [0.25, 0.3) is 15.9 Å². The molecule has 0 radical (unpaired) electrons. The molecule has 9 heteroatoms. The average molecular weight is 504 g/mol. The Bertz CT molecular complexity index is 1210. The first-order chi connectivity index (χ1) is 15.4. The molecule has 2 heterocycles. The Hall–Kier alpha value is -2.45. The van der Waals surface area contributed by atoms with Crippen LogP contribution in [0.15, 0.2) is 48.7 Å². The molecule has 0 aliphatic heterocycles. The third-order valence-corrected chi connectivity index (χ3v) is 6.93. The molecule has 1 amide bonds. The number of benzene rings is 2. The van der Waals surface area contributed by atoms with Gasteiger partial charge in [0.25, 0.3) is 5.91 Å². The standard InChI is InChI=1S/C24H26ClN5OS.ClH/c1-16-11-12-20(25)22-21(16)27-24(32-22)29(14-8-13-28(3)4)23(31)19-15-26-30(17(19)2)18-9-6-5-7-10-18;/h5-7,9-12,15H,8,13-14H2,1-4H3;1H. The van der Waals surface area contributed by atoms with Crippen LogP contribution in [-0.2, 0) is 0 Å². The zero-order valence-corrected chi connectivity index (χ0v) is 21.5. The van der Waals surface area contributed by atoms with E-state index in [9.17, 15) is 4.79 Å². The van der Waals surface area contributed by atoms with Gasteiger partial charge in [0, 0.05) is 6.54 Å². The second kappa shape index (κ2) is 10.7. The number of para-hydroxylation sites is 1. The van der Waals surface area contributed by atoms with Crippen molar-refractivity contribution in [2.75, 3.05) is 32.1 Å². The third kappa shape index (κ3) is 5.22. The molecule has 0 unspecified atom stereocenters. The molecule has 33 heavy (non-hydrogen) atoms. The van der Waals surface area contributed by atoms with Crippen LogP contribution in [0.2, 0.25) is 5.02 Å². The monoisotopic (exact) mass is 503 g/mol. The highest BCUT2D eigenvalue weighted by atomic mass is 35.5. The van der Waals surface area contributed by atoms with Gasteiger partial charge in [-0.3, -0.25) is 9.69 Å². The number of fused-ring (bicyclic) bond motifs is 1. The number of nitrogens with zero attached hydrogens (tertiary/aromatic N) is 5. The van der Waals surface area contributed by atoms with Gasteiger partial charge in [0.15, 0.2) is 5.13 Å². The van der Waals surface area contributed by atoms with Crippen molar-refractivity contribution in [2.24, 2.45) is 0 Å². The van der Waals surface area contributed by atoms with Gasteiger partial charge >= 0.3 is 0 Å². The lowest BCUT2D eigenvalue weighted by Crippen LogP contribution is -2.33. The molecular weight excluding hydrogens is 477 g/mol. The Morgan fingerprint density at radius 1 is 1.09 bits per heavy atom. The second-order valence-corrected chi connectivity index (χ2v) is 9.43. The molecule has 0 aliphatic carbocycles. The fourth-order valence-corrected chi connectivity index (χ4v) is 4.97. The normalized spacial score (nSPS) is 11.1. The summed E-state index contributed by atoms with van der Waals surface area (Å²) < 4.78 is 2.70. The maximum Gasteiger partial charge on any atom is 0.263 e. The number of carbonyl (C=O) groups excluding carboxylic acids is 1. The van der Waals surface area contributed by atoms with Crippen LogP contribution in [-0.4, -0.2) is 52.8 Å². The summed E-state index contributed by atoms with van der Waals surface area (Å²) in [6.45, 7) is 5.36. The van der Waals surface area contributed by atoms with Gasteiger partial charge in [-0.2, -0.15) is 5.10 Å². The van der Waals surface area contributed by atoms with E-state index in [4.69, 9.17) is 16.6 Å². The predicted octanol–water partition coefficient (Wildman–Crippen LogP) is 5.77. The lowest BCUT2D eigenvalue weighted by molar-refractivity contribution is 0.0985. The average Bonchev–Trinajstić information content (AvgIpc) is 3.39. The molecule has 0 spiro atoms. The van der Waals surface area contributed by atoms with Crippen LogP contribution in [0.4, 0.5) is 5.13 Å². The van der Waals surface area contributed by atoms with Crippen molar-refractivity contribution in [1.82, 2.24) is 19.7 Å². The van der Waals surface area contributed by atoms with Gasteiger partial charge in [-0.25, -0.2) is 9.67 Å². The molecule has 0 N–H and O–H groups in total. The molecule has 4 aromatic rings. The summed E-state index contributed by atoms with van der Waals surface area (Å²) in [5, 5.41) is 5.80. The number of rotatable bonds is 7. The first-order valence-corrected chi connectivity index (χ1v) is 11.7. The van der Waals surface area contributed by atoms with E-state index in [0.29, 0.717) is 22.3 Å². The minimum Gasteiger partial charge on any atom is -0.309 e. The fraction of sp³-hybridized carbons (Fsp3) is 0.292. The van der Waals surface area contributed by atoms with Crippen molar-refractivity contribution < 1.29 is 4.79 Å². The van der Waals surface area contributed by atoms with E-state index in [2.05, 4.69) is 10.00 Å². The van der Waals surface area contributed by atoms with E-state index in [1.165, 1.54) is 11.3 Å². The fourth-order valence-electron chi connectivity index (χ4n) is 3.63. The molecule has 0 aliphatic rings. The molecule has 4 rings (SSSR count). The van der Waals surface area contributed by atoms with Gasteiger partial charge < -0.3 is 4.90 Å². The highest BCUT2D eigenvalue weighted by molar-refractivity contribution is 7.23. The Balaban J connectivity index is 0.00000306. The summed E-state index contributed by atoms with van der Waals surface area (Å²) in [5.41, 5.74) is 4.18. The second-order valence-electron chi connectivity index (χ2n) is 8.04.